The van der Waals surface area contributed by atoms with Gasteiger partial charge in [0.15, 0.2) is 0 Å². The summed E-state index contributed by atoms with van der Waals surface area (Å²) in [5, 5.41) is 0. The van der Waals surface area contributed by atoms with Crippen molar-refractivity contribution >= 4 is 30.0 Å². The molecule has 0 saturated heterocycles. The van der Waals surface area contributed by atoms with Crippen LogP contribution >= 0.6 is 11.9 Å². The number of rotatable bonds is 3. The molecule has 23 heavy (non-hydrogen) atoms. The van der Waals surface area contributed by atoms with E-state index in [0.29, 0.717) is 0 Å². The van der Waals surface area contributed by atoms with Crippen LogP contribution in [0.3, 0.4) is 0 Å². The molecule has 0 aromatic heterocycles. The molecule has 1 rings (SSSR count). The summed E-state index contributed by atoms with van der Waals surface area (Å²) in [7, 11) is 7.48. The van der Waals surface area contributed by atoms with Crippen LogP contribution in [-0.2, 0) is 4.74 Å². The Morgan fingerprint density at radius 3 is 2.22 bits per heavy atom. The van der Waals surface area contributed by atoms with Gasteiger partial charge in [0.2, 0.25) is 0 Å². The average Bonchev–Trinajstić information content (AvgIpc) is 2.56. The van der Waals surface area contributed by atoms with Gasteiger partial charge in [-0.15, -0.1) is 4.99 Å². The SMILES string of the molecule is COC(=NC(=O)N(C)C)N(C)C(=O)NSc1ccc(OC)cc1. The quantitative estimate of drug-likeness (QED) is 0.517. The third-order valence-electron chi connectivity index (χ3n) is 2.66. The number of urea groups is 2. The van der Waals surface area contributed by atoms with Crippen LogP contribution in [-0.4, -0.2) is 63.2 Å². The monoisotopic (exact) mass is 340 g/mol. The lowest BCUT2D eigenvalue weighted by Gasteiger charge is -2.18. The number of hydrogen-bond donors (Lipinski definition) is 1. The lowest BCUT2D eigenvalue weighted by molar-refractivity contribution is 0.218. The summed E-state index contributed by atoms with van der Waals surface area (Å²) in [5.41, 5.74) is 0. The first-order valence-corrected chi connectivity index (χ1v) is 7.39. The van der Waals surface area contributed by atoms with Gasteiger partial charge in [-0.3, -0.25) is 9.62 Å². The Morgan fingerprint density at radius 2 is 1.74 bits per heavy atom. The van der Waals surface area contributed by atoms with Crippen molar-refractivity contribution < 1.29 is 19.1 Å². The molecule has 0 aliphatic carbocycles. The van der Waals surface area contributed by atoms with E-state index in [2.05, 4.69) is 9.71 Å². The van der Waals surface area contributed by atoms with E-state index in [1.807, 2.05) is 12.1 Å². The van der Waals surface area contributed by atoms with E-state index >= 15 is 0 Å². The maximum Gasteiger partial charge on any atom is 0.347 e. The van der Waals surface area contributed by atoms with E-state index in [-0.39, 0.29) is 6.02 Å². The zero-order chi connectivity index (χ0) is 17.4. The molecule has 1 aromatic rings. The maximum absolute atomic E-state index is 12.1. The number of amidine groups is 1. The van der Waals surface area contributed by atoms with Crippen LogP contribution in [0.1, 0.15) is 0 Å². The van der Waals surface area contributed by atoms with Crippen molar-refractivity contribution in [3.8, 4) is 5.75 Å². The fraction of sp³-hybridized carbons (Fsp3) is 0.357. The number of nitrogens with zero attached hydrogens (tertiary/aromatic N) is 3. The van der Waals surface area contributed by atoms with Gasteiger partial charge in [-0.05, 0) is 36.2 Å². The number of carbonyl (C=O) groups is 2. The maximum atomic E-state index is 12.1. The molecular formula is C14H20N4O4S. The number of methoxy groups -OCH3 is 2. The molecule has 0 saturated carbocycles. The number of nitrogens with one attached hydrogen (secondary N) is 1. The van der Waals surface area contributed by atoms with Gasteiger partial charge in [-0.2, -0.15) is 0 Å². The Hall–Kier alpha value is -2.42. The number of ether oxygens (including phenoxy) is 2. The van der Waals surface area contributed by atoms with Gasteiger partial charge in [-0.1, -0.05) is 0 Å². The summed E-state index contributed by atoms with van der Waals surface area (Å²) in [4.78, 5) is 30.6. The van der Waals surface area contributed by atoms with Crippen LogP contribution in [0.5, 0.6) is 5.75 Å². The van der Waals surface area contributed by atoms with E-state index in [1.165, 1.54) is 19.1 Å². The Kier molecular flexibility index (Phi) is 7.20. The van der Waals surface area contributed by atoms with Crippen molar-refractivity contribution in [2.45, 2.75) is 4.90 Å². The molecule has 0 spiro atoms. The molecule has 0 aliphatic rings. The van der Waals surface area contributed by atoms with E-state index < -0.39 is 12.1 Å². The molecule has 0 bridgehead atoms. The zero-order valence-electron chi connectivity index (χ0n) is 13.7. The molecule has 0 unspecified atom stereocenters. The molecule has 8 nitrogen and oxygen atoms in total. The second kappa shape index (κ2) is 8.89. The fourth-order valence-corrected chi connectivity index (χ4v) is 1.96. The van der Waals surface area contributed by atoms with Crippen molar-refractivity contribution in [2.24, 2.45) is 4.99 Å². The summed E-state index contributed by atoms with van der Waals surface area (Å²) < 4.78 is 12.7. The van der Waals surface area contributed by atoms with E-state index in [4.69, 9.17) is 9.47 Å². The predicted octanol–water partition coefficient (Wildman–Crippen LogP) is 2.03. The van der Waals surface area contributed by atoms with Gasteiger partial charge in [0.05, 0.1) is 14.2 Å². The number of amides is 4. The Labute approximate surface area is 139 Å². The van der Waals surface area contributed by atoms with Gasteiger partial charge in [0.25, 0.3) is 0 Å². The zero-order valence-corrected chi connectivity index (χ0v) is 14.5. The van der Waals surface area contributed by atoms with E-state index in [1.54, 1.807) is 33.3 Å². The van der Waals surface area contributed by atoms with Crippen LogP contribution < -0.4 is 9.46 Å². The van der Waals surface area contributed by atoms with Crippen LogP contribution in [0.15, 0.2) is 34.2 Å². The predicted molar refractivity (Wildman–Crippen MR) is 88.7 cm³/mol. The summed E-state index contributed by atoms with van der Waals surface area (Å²) >= 11 is 1.13. The Bertz CT molecular complexity index is 575. The average molecular weight is 340 g/mol. The molecule has 0 aliphatic heterocycles. The number of benzene rings is 1. The summed E-state index contributed by atoms with van der Waals surface area (Å²) in [6.45, 7) is 0. The molecule has 0 radical (unpaired) electrons. The minimum Gasteiger partial charge on any atom is -0.497 e. The van der Waals surface area contributed by atoms with Gasteiger partial charge in [0.1, 0.15) is 5.75 Å². The summed E-state index contributed by atoms with van der Waals surface area (Å²) in [5.74, 6) is 0.730. The van der Waals surface area contributed by atoms with Crippen LogP contribution in [0, 0.1) is 0 Å². The third kappa shape index (κ3) is 5.70. The number of carbonyl (C=O) groups excluding carboxylic acids is 2. The van der Waals surface area contributed by atoms with Crippen LogP contribution in [0.25, 0.3) is 0 Å². The summed E-state index contributed by atoms with van der Waals surface area (Å²) in [6.07, 6.45) is 0. The van der Waals surface area contributed by atoms with Gasteiger partial charge in [-0.25, -0.2) is 9.59 Å². The summed E-state index contributed by atoms with van der Waals surface area (Å²) in [6, 6.07) is 6.10. The first-order chi connectivity index (χ1) is 10.9. The number of aliphatic imine (C=N–C) groups is 1. The van der Waals surface area contributed by atoms with Crippen molar-refractivity contribution in [3.63, 3.8) is 0 Å². The highest BCUT2D eigenvalue weighted by Crippen LogP contribution is 2.19. The molecule has 4 amide bonds. The van der Waals surface area contributed by atoms with Crippen molar-refractivity contribution in [3.05, 3.63) is 24.3 Å². The lowest BCUT2D eigenvalue weighted by Crippen LogP contribution is -2.40. The Balaban J connectivity index is 2.65. The van der Waals surface area contributed by atoms with Crippen molar-refractivity contribution in [1.29, 1.82) is 0 Å². The Morgan fingerprint density at radius 1 is 1.13 bits per heavy atom. The molecule has 0 fully saturated rings. The van der Waals surface area contributed by atoms with Crippen LogP contribution in [0.4, 0.5) is 9.59 Å². The highest BCUT2D eigenvalue weighted by molar-refractivity contribution is 7.98. The van der Waals surface area contributed by atoms with Gasteiger partial charge >= 0.3 is 18.1 Å². The number of hydrogen-bond acceptors (Lipinski definition) is 5. The lowest BCUT2D eigenvalue weighted by atomic mass is 10.3. The van der Waals surface area contributed by atoms with E-state index in [9.17, 15) is 9.59 Å². The molecule has 0 atom stereocenters. The molecular weight excluding hydrogens is 320 g/mol. The van der Waals surface area contributed by atoms with Crippen LogP contribution in [0.2, 0.25) is 0 Å². The minimum absolute atomic E-state index is 0.100. The largest absolute Gasteiger partial charge is 0.497 e. The highest BCUT2D eigenvalue weighted by Gasteiger charge is 2.18. The second-order valence-electron chi connectivity index (χ2n) is 4.52. The smallest absolute Gasteiger partial charge is 0.347 e. The third-order valence-corrected chi connectivity index (χ3v) is 3.45. The highest BCUT2D eigenvalue weighted by atomic mass is 32.2. The standard InChI is InChI=1S/C14H20N4O4S/c1-17(2)12(19)15-14(22-5)18(3)13(20)16-23-11-8-6-10(21-4)7-9-11/h6-9H,1-5H3,(H,16,20). The van der Waals surface area contributed by atoms with Gasteiger partial charge in [0, 0.05) is 26.0 Å². The first kappa shape index (κ1) is 18.6. The topological polar surface area (TPSA) is 83.5 Å². The first-order valence-electron chi connectivity index (χ1n) is 6.57. The van der Waals surface area contributed by atoms with Gasteiger partial charge < -0.3 is 14.4 Å². The van der Waals surface area contributed by atoms with Crippen molar-refractivity contribution in [1.82, 2.24) is 14.5 Å². The molecule has 0 heterocycles. The molecule has 1 aromatic carbocycles. The van der Waals surface area contributed by atoms with Crippen molar-refractivity contribution in [2.75, 3.05) is 35.4 Å². The second-order valence-corrected chi connectivity index (χ2v) is 5.40. The van der Waals surface area contributed by atoms with E-state index in [0.717, 1.165) is 27.5 Å². The normalized spacial score (nSPS) is 10.7. The molecule has 126 valence electrons. The molecule has 1 N–H and O–H groups in total. The molecule has 9 heteroatoms. The minimum atomic E-state index is -0.524. The fourth-order valence-electron chi connectivity index (χ4n) is 1.34.